The van der Waals surface area contributed by atoms with Gasteiger partial charge in [-0.3, -0.25) is 4.79 Å². The zero-order valence-electron chi connectivity index (χ0n) is 15.2. The molecule has 1 aromatic rings. The van der Waals surface area contributed by atoms with Gasteiger partial charge in [0.2, 0.25) is 5.91 Å². The summed E-state index contributed by atoms with van der Waals surface area (Å²) in [5.41, 5.74) is 0.941. The van der Waals surface area contributed by atoms with Crippen LogP contribution in [0.15, 0.2) is 6.33 Å². The lowest BCUT2D eigenvalue weighted by molar-refractivity contribution is -0.142. The predicted molar refractivity (Wildman–Crippen MR) is 90.8 cm³/mol. The number of likely N-dealkylation sites (tertiary alicyclic amines) is 1. The maximum atomic E-state index is 12.8. The number of aromatic nitrogens is 2. The normalized spacial score (nSPS) is 22.5. The van der Waals surface area contributed by atoms with Gasteiger partial charge < -0.3 is 14.4 Å². The third-order valence-electron chi connectivity index (χ3n) is 4.80. The number of aliphatic hydroxyl groups is 1. The van der Waals surface area contributed by atoms with Crippen molar-refractivity contribution in [3.63, 3.8) is 0 Å². The number of aliphatic hydroxyl groups excluding tert-OH is 1. The van der Waals surface area contributed by atoms with E-state index in [0.29, 0.717) is 25.1 Å². The molecule has 138 valence electrons. The van der Waals surface area contributed by atoms with Crippen LogP contribution in [0.4, 0.5) is 4.79 Å². The van der Waals surface area contributed by atoms with E-state index in [1.165, 1.54) is 0 Å². The van der Waals surface area contributed by atoms with Crippen molar-refractivity contribution in [1.29, 1.82) is 0 Å². The first kappa shape index (κ1) is 17.9. The Morgan fingerprint density at radius 3 is 2.80 bits per heavy atom. The molecule has 2 amide bonds. The number of amides is 2. The molecule has 0 saturated carbocycles. The van der Waals surface area contributed by atoms with Crippen molar-refractivity contribution >= 4 is 12.0 Å². The fraction of sp³-hybridized carbons (Fsp3) is 0.722. The van der Waals surface area contributed by atoms with Gasteiger partial charge in [-0.05, 0) is 52.9 Å². The Balaban J connectivity index is 1.77. The molecule has 2 aliphatic heterocycles. The number of hydrogen-bond acceptors (Lipinski definition) is 5. The van der Waals surface area contributed by atoms with Gasteiger partial charge in [0.25, 0.3) is 0 Å². The number of aryl methyl sites for hydroxylation is 1. The lowest BCUT2D eigenvalue weighted by Crippen LogP contribution is -2.48. The largest absolute Gasteiger partial charge is 0.443 e. The number of rotatable bonds is 2. The first-order chi connectivity index (χ1) is 11.8. The smallest absolute Gasteiger partial charge is 0.417 e. The van der Waals surface area contributed by atoms with E-state index >= 15 is 0 Å². The average molecular weight is 349 g/mol. The second kappa shape index (κ2) is 6.78. The number of carbonyl (C=O) groups excluding carboxylic acids is 2. The topological polar surface area (TPSA) is 84.7 Å². The van der Waals surface area contributed by atoms with Gasteiger partial charge in [-0.25, -0.2) is 14.7 Å². The van der Waals surface area contributed by atoms with E-state index < -0.39 is 23.7 Å². The van der Waals surface area contributed by atoms with Crippen LogP contribution in [0.2, 0.25) is 0 Å². The molecule has 2 aliphatic rings. The highest BCUT2D eigenvalue weighted by Crippen LogP contribution is 2.33. The lowest BCUT2D eigenvalue weighted by atomic mass is 9.88. The van der Waals surface area contributed by atoms with E-state index in [-0.39, 0.29) is 5.91 Å². The summed E-state index contributed by atoms with van der Waals surface area (Å²) in [6.45, 7) is 6.53. The molecule has 25 heavy (non-hydrogen) atoms. The van der Waals surface area contributed by atoms with Crippen LogP contribution in [0.25, 0.3) is 0 Å². The van der Waals surface area contributed by atoms with Crippen molar-refractivity contribution in [1.82, 2.24) is 14.5 Å². The fourth-order valence-corrected chi connectivity index (χ4v) is 3.59. The van der Waals surface area contributed by atoms with Crippen LogP contribution < -0.4 is 0 Å². The highest BCUT2D eigenvalue weighted by atomic mass is 16.6. The van der Waals surface area contributed by atoms with Crippen LogP contribution in [0.3, 0.4) is 0 Å². The maximum Gasteiger partial charge on any atom is 0.417 e. The summed E-state index contributed by atoms with van der Waals surface area (Å²) < 4.78 is 7.38. The van der Waals surface area contributed by atoms with Crippen molar-refractivity contribution in [2.24, 2.45) is 5.92 Å². The van der Waals surface area contributed by atoms with Crippen LogP contribution in [0.1, 0.15) is 63.9 Å². The molecule has 0 spiro atoms. The first-order valence-corrected chi connectivity index (χ1v) is 9.04. The van der Waals surface area contributed by atoms with Crippen molar-refractivity contribution in [3.05, 3.63) is 17.7 Å². The van der Waals surface area contributed by atoms with Crippen molar-refractivity contribution in [2.75, 3.05) is 6.54 Å². The van der Waals surface area contributed by atoms with Crippen LogP contribution in [0.5, 0.6) is 0 Å². The van der Waals surface area contributed by atoms with E-state index in [4.69, 9.17) is 4.74 Å². The number of piperidine rings is 1. The number of nitrogens with zero attached hydrogens (tertiary/aromatic N) is 3. The first-order valence-electron chi connectivity index (χ1n) is 9.04. The molecule has 2 unspecified atom stereocenters. The predicted octanol–water partition coefficient (Wildman–Crippen LogP) is 2.43. The number of ether oxygens (including phenoxy) is 1. The van der Waals surface area contributed by atoms with Gasteiger partial charge in [0.1, 0.15) is 11.7 Å². The van der Waals surface area contributed by atoms with E-state index in [1.54, 1.807) is 27.1 Å². The molecule has 1 N–H and O–H groups in total. The third kappa shape index (κ3) is 3.71. The summed E-state index contributed by atoms with van der Waals surface area (Å²) in [4.78, 5) is 30.6. The molecule has 1 fully saturated rings. The molecular formula is C18H27N3O4. The second-order valence-corrected chi connectivity index (χ2v) is 7.89. The summed E-state index contributed by atoms with van der Waals surface area (Å²) in [6, 6.07) is 0. The molecule has 1 saturated heterocycles. The Morgan fingerprint density at radius 2 is 2.08 bits per heavy atom. The summed E-state index contributed by atoms with van der Waals surface area (Å²) in [5, 5.41) is 10.8. The quantitative estimate of drug-likeness (QED) is 0.886. The maximum absolute atomic E-state index is 12.8. The minimum Gasteiger partial charge on any atom is -0.443 e. The fourth-order valence-electron chi connectivity index (χ4n) is 3.59. The molecule has 3 heterocycles. The average Bonchev–Trinajstić information content (AvgIpc) is 2.96. The van der Waals surface area contributed by atoms with Gasteiger partial charge in [0, 0.05) is 18.8 Å². The van der Waals surface area contributed by atoms with Crippen LogP contribution >= 0.6 is 0 Å². The lowest BCUT2D eigenvalue weighted by Gasteiger charge is -2.34. The number of fused-ring (bicyclic) bond motifs is 1. The molecule has 0 bridgehead atoms. The van der Waals surface area contributed by atoms with E-state index in [0.717, 1.165) is 36.4 Å². The van der Waals surface area contributed by atoms with Gasteiger partial charge in [0.05, 0.1) is 17.9 Å². The molecule has 3 rings (SSSR count). The van der Waals surface area contributed by atoms with Gasteiger partial charge in [0.15, 0.2) is 0 Å². The van der Waals surface area contributed by atoms with Crippen LogP contribution in [0, 0.1) is 5.92 Å². The molecule has 0 aromatic carbocycles. The molecule has 1 aromatic heterocycles. The standard InChI is InChI=1S/C18H27N3O4/c1-18(2,3)25-17(24)21-10-6-7-12(16(21)23)15(22)14-13-8-4-5-9-20(13)11-19-14/h11-12,15,22H,4-10H2,1-3H3. The Kier molecular flexibility index (Phi) is 4.86. The highest BCUT2D eigenvalue weighted by Gasteiger charge is 2.40. The number of imidazole rings is 1. The van der Waals surface area contributed by atoms with Crippen LogP contribution in [-0.4, -0.2) is 43.7 Å². The molecule has 0 radical (unpaired) electrons. The summed E-state index contributed by atoms with van der Waals surface area (Å²) in [6.07, 6.45) is 4.36. The summed E-state index contributed by atoms with van der Waals surface area (Å²) in [7, 11) is 0. The highest BCUT2D eigenvalue weighted by molar-refractivity contribution is 5.94. The Hall–Kier alpha value is -1.89. The molecule has 7 heteroatoms. The minimum absolute atomic E-state index is 0.332. The Labute approximate surface area is 148 Å². The van der Waals surface area contributed by atoms with E-state index in [9.17, 15) is 14.7 Å². The Bertz CT molecular complexity index is 662. The molecule has 7 nitrogen and oxygen atoms in total. The molecule has 2 atom stereocenters. The summed E-state index contributed by atoms with van der Waals surface area (Å²) >= 11 is 0. The third-order valence-corrected chi connectivity index (χ3v) is 4.80. The zero-order chi connectivity index (χ0) is 18.2. The Morgan fingerprint density at radius 1 is 1.32 bits per heavy atom. The van der Waals surface area contributed by atoms with Gasteiger partial charge >= 0.3 is 6.09 Å². The monoisotopic (exact) mass is 349 g/mol. The SMILES string of the molecule is CC(C)(C)OC(=O)N1CCCC(C(O)c2ncn3c2CCCC3)C1=O. The summed E-state index contributed by atoms with van der Waals surface area (Å²) in [5.74, 6) is -1.02. The second-order valence-electron chi connectivity index (χ2n) is 7.89. The molecule has 0 aliphatic carbocycles. The minimum atomic E-state index is -0.980. The number of imide groups is 1. The van der Waals surface area contributed by atoms with Crippen LogP contribution in [-0.2, 0) is 22.5 Å². The van der Waals surface area contributed by atoms with Gasteiger partial charge in [-0.15, -0.1) is 0 Å². The van der Waals surface area contributed by atoms with E-state index in [1.807, 2.05) is 0 Å². The zero-order valence-corrected chi connectivity index (χ0v) is 15.2. The van der Waals surface area contributed by atoms with Gasteiger partial charge in [-0.1, -0.05) is 0 Å². The number of carbonyl (C=O) groups is 2. The van der Waals surface area contributed by atoms with Crippen molar-refractivity contribution in [3.8, 4) is 0 Å². The van der Waals surface area contributed by atoms with E-state index in [2.05, 4.69) is 9.55 Å². The molecular weight excluding hydrogens is 322 g/mol. The van der Waals surface area contributed by atoms with Gasteiger partial charge in [-0.2, -0.15) is 0 Å². The van der Waals surface area contributed by atoms with Crippen molar-refractivity contribution < 1.29 is 19.4 Å². The number of hydrogen-bond donors (Lipinski definition) is 1. The van der Waals surface area contributed by atoms with Crippen molar-refractivity contribution in [2.45, 2.75) is 71.1 Å².